The predicted octanol–water partition coefficient (Wildman–Crippen LogP) is 3.60. The van der Waals surface area contributed by atoms with Crippen molar-refractivity contribution in [1.29, 1.82) is 0 Å². The third-order valence-electron chi connectivity index (χ3n) is 3.14. The van der Waals surface area contributed by atoms with Crippen molar-refractivity contribution in [3.63, 3.8) is 0 Å². The quantitative estimate of drug-likeness (QED) is 0.900. The maximum atomic E-state index is 12.3. The highest BCUT2D eigenvalue weighted by Gasteiger charge is 2.16. The Bertz CT molecular complexity index is 537. The minimum absolute atomic E-state index is 0.0314. The molecule has 1 unspecified atom stereocenters. The van der Waals surface area contributed by atoms with Crippen LogP contribution in [-0.4, -0.2) is 10.9 Å². The monoisotopic (exact) mass is 268 g/mol. The fourth-order valence-corrected chi connectivity index (χ4v) is 2.17. The van der Waals surface area contributed by atoms with Gasteiger partial charge in [-0.2, -0.15) is 0 Å². The maximum absolute atomic E-state index is 12.3. The zero-order chi connectivity index (χ0) is 14.4. The number of nitrogens with one attached hydrogen (secondary N) is 1. The van der Waals surface area contributed by atoms with Crippen LogP contribution in [0.1, 0.15) is 42.2 Å². The number of hydrogen-bond donors (Lipinski definition) is 1. The predicted molar refractivity (Wildman–Crippen MR) is 80.3 cm³/mol. The van der Waals surface area contributed by atoms with Gasteiger partial charge in [-0.05, 0) is 30.0 Å². The second-order valence-corrected chi connectivity index (χ2v) is 5.31. The van der Waals surface area contributed by atoms with Gasteiger partial charge in [0.05, 0.1) is 11.6 Å². The summed E-state index contributed by atoms with van der Waals surface area (Å²) in [6, 6.07) is 13.7. The zero-order valence-electron chi connectivity index (χ0n) is 11.9. The minimum atomic E-state index is -0.0763. The molecule has 2 rings (SSSR count). The van der Waals surface area contributed by atoms with Gasteiger partial charge in [-0.15, -0.1) is 0 Å². The van der Waals surface area contributed by atoms with Crippen molar-refractivity contribution in [2.24, 2.45) is 5.92 Å². The molecule has 1 atom stereocenters. The number of pyridine rings is 1. The molecule has 1 heterocycles. The maximum Gasteiger partial charge on any atom is 0.253 e. The van der Waals surface area contributed by atoms with Crippen LogP contribution in [0.25, 0.3) is 0 Å². The van der Waals surface area contributed by atoms with Crippen LogP contribution in [0, 0.1) is 5.92 Å². The third-order valence-corrected chi connectivity index (χ3v) is 3.14. The van der Waals surface area contributed by atoms with Crippen LogP contribution in [0.15, 0.2) is 54.9 Å². The topological polar surface area (TPSA) is 42.0 Å². The molecule has 3 heteroatoms. The second kappa shape index (κ2) is 6.85. The summed E-state index contributed by atoms with van der Waals surface area (Å²) in [5, 5.41) is 3.10. The average molecular weight is 268 g/mol. The minimum Gasteiger partial charge on any atom is -0.345 e. The summed E-state index contributed by atoms with van der Waals surface area (Å²) in [4.78, 5) is 16.2. The van der Waals surface area contributed by atoms with Crippen LogP contribution in [-0.2, 0) is 0 Å². The van der Waals surface area contributed by atoms with E-state index >= 15 is 0 Å². The van der Waals surface area contributed by atoms with E-state index in [0.717, 1.165) is 12.0 Å². The van der Waals surface area contributed by atoms with Crippen LogP contribution in [0.4, 0.5) is 0 Å². The Morgan fingerprint density at radius 1 is 1.15 bits per heavy atom. The number of hydrogen-bond acceptors (Lipinski definition) is 2. The van der Waals surface area contributed by atoms with E-state index in [-0.39, 0.29) is 11.9 Å². The smallest absolute Gasteiger partial charge is 0.253 e. The summed E-state index contributed by atoms with van der Waals surface area (Å²) in [7, 11) is 0. The molecule has 20 heavy (non-hydrogen) atoms. The molecule has 1 N–H and O–H groups in total. The lowest BCUT2D eigenvalue weighted by atomic mass is 9.97. The Kier molecular flexibility index (Phi) is 4.88. The van der Waals surface area contributed by atoms with Crippen LogP contribution >= 0.6 is 0 Å². The number of rotatable bonds is 5. The fourth-order valence-electron chi connectivity index (χ4n) is 2.17. The van der Waals surface area contributed by atoms with Crippen molar-refractivity contribution in [3.8, 4) is 0 Å². The van der Waals surface area contributed by atoms with Crippen molar-refractivity contribution < 1.29 is 4.79 Å². The molecule has 2 aromatic rings. The number of carbonyl (C=O) groups is 1. The molecule has 104 valence electrons. The molecule has 0 saturated carbocycles. The summed E-state index contributed by atoms with van der Waals surface area (Å²) in [6.07, 6.45) is 4.17. The Labute approximate surface area is 120 Å². The zero-order valence-corrected chi connectivity index (χ0v) is 11.9. The van der Waals surface area contributed by atoms with Gasteiger partial charge < -0.3 is 5.32 Å². The summed E-state index contributed by atoms with van der Waals surface area (Å²) in [5.74, 6) is 0.432. The Hall–Kier alpha value is -2.16. The van der Waals surface area contributed by atoms with Gasteiger partial charge in [0.1, 0.15) is 0 Å². The molecule has 0 aliphatic rings. The number of benzene rings is 1. The van der Waals surface area contributed by atoms with Crippen LogP contribution in [0.5, 0.6) is 0 Å². The first-order valence-electron chi connectivity index (χ1n) is 6.92. The van der Waals surface area contributed by atoms with Gasteiger partial charge >= 0.3 is 0 Å². The fraction of sp³-hybridized carbons (Fsp3) is 0.294. The van der Waals surface area contributed by atoms with Crippen molar-refractivity contribution in [1.82, 2.24) is 10.3 Å². The van der Waals surface area contributed by atoms with Crippen LogP contribution in [0.3, 0.4) is 0 Å². The first kappa shape index (κ1) is 14.3. The van der Waals surface area contributed by atoms with Gasteiger partial charge in [-0.25, -0.2) is 0 Å². The lowest BCUT2D eigenvalue weighted by Gasteiger charge is -2.21. The molecule has 0 aliphatic heterocycles. The van der Waals surface area contributed by atoms with E-state index in [9.17, 15) is 4.79 Å². The van der Waals surface area contributed by atoms with Crippen molar-refractivity contribution in [3.05, 3.63) is 66.0 Å². The molecule has 0 radical (unpaired) electrons. The van der Waals surface area contributed by atoms with Crippen molar-refractivity contribution in [2.45, 2.75) is 26.3 Å². The molecule has 0 fully saturated rings. The van der Waals surface area contributed by atoms with Gasteiger partial charge in [0.25, 0.3) is 5.91 Å². The summed E-state index contributed by atoms with van der Waals surface area (Å²) in [6.45, 7) is 4.32. The molecule has 0 aliphatic carbocycles. The van der Waals surface area contributed by atoms with Gasteiger partial charge in [0.15, 0.2) is 0 Å². The summed E-state index contributed by atoms with van der Waals surface area (Å²) < 4.78 is 0. The molecular formula is C17H20N2O. The largest absolute Gasteiger partial charge is 0.345 e. The molecule has 1 aromatic carbocycles. The third kappa shape index (κ3) is 3.92. The Morgan fingerprint density at radius 2 is 1.90 bits per heavy atom. The van der Waals surface area contributed by atoms with E-state index < -0.39 is 0 Å². The first-order valence-corrected chi connectivity index (χ1v) is 6.92. The second-order valence-electron chi connectivity index (χ2n) is 5.31. The van der Waals surface area contributed by atoms with Gasteiger partial charge in [-0.3, -0.25) is 9.78 Å². The van der Waals surface area contributed by atoms with E-state index in [0.29, 0.717) is 11.5 Å². The van der Waals surface area contributed by atoms with Gasteiger partial charge in [0.2, 0.25) is 0 Å². The van der Waals surface area contributed by atoms with E-state index in [4.69, 9.17) is 0 Å². The first-order chi connectivity index (χ1) is 9.66. The molecule has 1 aromatic heterocycles. The Balaban J connectivity index is 2.14. The molecule has 0 bridgehead atoms. The van der Waals surface area contributed by atoms with Crippen LogP contribution in [0.2, 0.25) is 0 Å². The van der Waals surface area contributed by atoms with Gasteiger partial charge in [-0.1, -0.05) is 44.2 Å². The Morgan fingerprint density at radius 3 is 2.50 bits per heavy atom. The van der Waals surface area contributed by atoms with Crippen molar-refractivity contribution in [2.75, 3.05) is 0 Å². The number of aromatic nitrogens is 1. The van der Waals surface area contributed by atoms with E-state index in [1.807, 2.05) is 18.2 Å². The number of amides is 1. The van der Waals surface area contributed by atoms with Crippen LogP contribution < -0.4 is 5.32 Å². The SMILES string of the molecule is CC(C)CC(NC(=O)c1cccnc1)c1ccccc1. The highest BCUT2D eigenvalue weighted by molar-refractivity contribution is 5.94. The molecule has 0 saturated heterocycles. The number of nitrogens with zero attached hydrogens (tertiary/aromatic N) is 1. The average Bonchev–Trinajstić information content (AvgIpc) is 2.48. The van der Waals surface area contributed by atoms with Gasteiger partial charge in [0, 0.05) is 12.4 Å². The highest BCUT2D eigenvalue weighted by atomic mass is 16.1. The van der Waals surface area contributed by atoms with E-state index in [2.05, 4.69) is 36.3 Å². The summed E-state index contributed by atoms with van der Waals surface area (Å²) >= 11 is 0. The van der Waals surface area contributed by atoms with E-state index in [1.54, 1.807) is 24.5 Å². The molecule has 0 spiro atoms. The lowest BCUT2D eigenvalue weighted by molar-refractivity contribution is 0.0931. The lowest BCUT2D eigenvalue weighted by Crippen LogP contribution is -2.29. The normalized spacial score (nSPS) is 12.2. The van der Waals surface area contributed by atoms with E-state index in [1.165, 1.54) is 0 Å². The molecule has 3 nitrogen and oxygen atoms in total. The highest BCUT2D eigenvalue weighted by Crippen LogP contribution is 2.21. The van der Waals surface area contributed by atoms with Crippen molar-refractivity contribution >= 4 is 5.91 Å². The summed E-state index contributed by atoms with van der Waals surface area (Å²) in [5.41, 5.74) is 1.73. The number of carbonyl (C=O) groups excluding carboxylic acids is 1. The standard InChI is InChI=1S/C17H20N2O/c1-13(2)11-16(14-7-4-3-5-8-14)19-17(20)15-9-6-10-18-12-15/h3-10,12-13,16H,11H2,1-2H3,(H,19,20). The molecular weight excluding hydrogens is 248 g/mol. The molecule has 1 amide bonds.